The number of benzene rings is 1. The molecule has 0 aromatic heterocycles. The fraction of sp³-hybridized carbons (Fsp3) is 0.538. The number of likely N-dealkylation sites (N-methyl/N-ethyl adjacent to an activating group) is 1. The summed E-state index contributed by atoms with van der Waals surface area (Å²) in [6.45, 7) is 0.878. The minimum absolute atomic E-state index is 0.312. The first-order valence-corrected chi connectivity index (χ1v) is 5.86. The molecule has 3 nitrogen and oxygen atoms in total. The van der Waals surface area contributed by atoms with E-state index in [1.807, 2.05) is 25.2 Å². The number of hydrogen-bond acceptors (Lipinski definition) is 3. The average Bonchev–Trinajstić information content (AvgIpc) is 2.79. The van der Waals surface area contributed by atoms with Crippen LogP contribution < -0.4 is 5.32 Å². The molecule has 1 heterocycles. The minimum Gasteiger partial charge on any atom is -0.508 e. The van der Waals surface area contributed by atoms with E-state index >= 15 is 0 Å². The zero-order valence-corrected chi connectivity index (χ0v) is 9.65. The Hall–Kier alpha value is -1.06. The fourth-order valence-corrected chi connectivity index (χ4v) is 2.28. The zero-order chi connectivity index (χ0) is 11.4. The van der Waals surface area contributed by atoms with Gasteiger partial charge in [-0.05, 0) is 44.0 Å². The lowest BCUT2D eigenvalue weighted by molar-refractivity contribution is 0.0808. The van der Waals surface area contributed by atoms with Gasteiger partial charge in [0.25, 0.3) is 0 Å². The molecular formula is C13H19NO2. The number of rotatable bonds is 4. The molecule has 2 N–H and O–H groups in total. The first-order valence-electron chi connectivity index (χ1n) is 5.86. The van der Waals surface area contributed by atoms with E-state index in [1.165, 1.54) is 0 Å². The Balaban J connectivity index is 2.00. The number of hydrogen-bond donors (Lipinski definition) is 2. The lowest BCUT2D eigenvalue weighted by atomic mass is 9.99. The number of ether oxygens (including phenoxy) is 1. The van der Waals surface area contributed by atoms with Crippen molar-refractivity contribution in [2.24, 2.45) is 0 Å². The molecule has 2 unspecified atom stereocenters. The summed E-state index contributed by atoms with van der Waals surface area (Å²) in [5.74, 6) is 0.333. The molecular weight excluding hydrogens is 202 g/mol. The van der Waals surface area contributed by atoms with E-state index in [4.69, 9.17) is 4.74 Å². The van der Waals surface area contributed by atoms with Crippen LogP contribution in [0.3, 0.4) is 0 Å². The molecule has 1 fully saturated rings. The van der Waals surface area contributed by atoms with E-state index < -0.39 is 0 Å². The normalized spacial score (nSPS) is 22.2. The quantitative estimate of drug-likeness (QED) is 0.813. The standard InChI is InChI=1S/C13H19NO2/c1-14-12(13-6-3-7-16-13)9-10-4-2-5-11(15)8-10/h2,4-5,8,12-15H,3,6-7,9H2,1H3. The molecule has 88 valence electrons. The van der Waals surface area contributed by atoms with Crippen molar-refractivity contribution in [1.29, 1.82) is 0 Å². The van der Waals surface area contributed by atoms with Crippen molar-refractivity contribution in [2.45, 2.75) is 31.4 Å². The van der Waals surface area contributed by atoms with Crippen LogP contribution in [0.25, 0.3) is 0 Å². The molecule has 1 saturated heterocycles. The van der Waals surface area contributed by atoms with Gasteiger partial charge in [-0.15, -0.1) is 0 Å². The summed E-state index contributed by atoms with van der Waals surface area (Å²) in [6, 6.07) is 7.78. The maximum atomic E-state index is 9.41. The van der Waals surface area contributed by atoms with Crippen molar-refractivity contribution >= 4 is 0 Å². The van der Waals surface area contributed by atoms with Crippen molar-refractivity contribution in [3.05, 3.63) is 29.8 Å². The maximum Gasteiger partial charge on any atom is 0.115 e. The summed E-state index contributed by atoms with van der Waals surface area (Å²) in [7, 11) is 1.97. The van der Waals surface area contributed by atoms with Gasteiger partial charge in [-0.2, -0.15) is 0 Å². The van der Waals surface area contributed by atoms with Gasteiger partial charge < -0.3 is 15.2 Å². The van der Waals surface area contributed by atoms with Crippen LogP contribution in [0.1, 0.15) is 18.4 Å². The molecule has 0 spiro atoms. The van der Waals surface area contributed by atoms with Crippen LogP contribution in [0.5, 0.6) is 5.75 Å². The highest BCUT2D eigenvalue weighted by Crippen LogP contribution is 2.20. The molecule has 0 saturated carbocycles. The van der Waals surface area contributed by atoms with Crippen LogP contribution in [-0.4, -0.2) is 30.9 Å². The number of nitrogens with one attached hydrogen (secondary N) is 1. The molecule has 3 heteroatoms. The van der Waals surface area contributed by atoms with Gasteiger partial charge in [0.2, 0.25) is 0 Å². The van der Waals surface area contributed by atoms with Crippen LogP contribution in [0.15, 0.2) is 24.3 Å². The smallest absolute Gasteiger partial charge is 0.115 e. The predicted molar refractivity (Wildman–Crippen MR) is 63.6 cm³/mol. The molecule has 0 aliphatic carbocycles. The summed E-state index contributed by atoms with van der Waals surface area (Å²) in [5, 5.41) is 12.7. The van der Waals surface area contributed by atoms with Gasteiger partial charge in [0.05, 0.1) is 6.10 Å². The third-order valence-electron chi connectivity index (χ3n) is 3.15. The summed E-state index contributed by atoms with van der Waals surface area (Å²) < 4.78 is 5.68. The van der Waals surface area contributed by atoms with E-state index in [0.717, 1.165) is 31.4 Å². The SMILES string of the molecule is CNC(Cc1cccc(O)c1)C1CCCO1. The third kappa shape index (κ3) is 2.74. The van der Waals surface area contributed by atoms with E-state index in [2.05, 4.69) is 5.32 Å². The number of aromatic hydroxyl groups is 1. The van der Waals surface area contributed by atoms with Gasteiger partial charge in [0.15, 0.2) is 0 Å². The Morgan fingerprint density at radius 3 is 3.06 bits per heavy atom. The Kier molecular flexibility index (Phi) is 3.80. The van der Waals surface area contributed by atoms with Gasteiger partial charge in [-0.3, -0.25) is 0 Å². The molecule has 0 radical (unpaired) electrons. The van der Waals surface area contributed by atoms with Crippen molar-refractivity contribution in [1.82, 2.24) is 5.32 Å². The first-order chi connectivity index (χ1) is 7.79. The Labute approximate surface area is 96.4 Å². The molecule has 2 atom stereocenters. The van der Waals surface area contributed by atoms with Gasteiger partial charge in [-0.25, -0.2) is 0 Å². The second kappa shape index (κ2) is 5.32. The molecule has 2 rings (SSSR count). The molecule has 1 aliphatic rings. The molecule has 1 aromatic rings. The van der Waals surface area contributed by atoms with Gasteiger partial charge in [-0.1, -0.05) is 12.1 Å². The Bertz CT molecular complexity index is 334. The molecule has 1 aliphatic heterocycles. The molecule has 0 bridgehead atoms. The number of phenols is 1. The highest BCUT2D eigenvalue weighted by atomic mass is 16.5. The van der Waals surface area contributed by atoms with E-state index in [1.54, 1.807) is 6.07 Å². The Morgan fingerprint density at radius 1 is 1.56 bits per heavy atom. The van der Waals surface area contributed by atoms with Crippen LogP contribution in [0.4, 0.5) is 0 Å². The first kappa shape index (κ1) is 11.4. The van der Waals surface area contributed by atoms with Crippen LogP contribution >= 0.6 is 0 Å². The molecule has 16 heavy (non-hydrogen) atoms. The molecule has 1 aromatic carbocycles. The topological polar surface area (TPSA) is 41.5 Å². The van der Waals surface area contributed by atoms with E-state index in [0.29, 0.717) is 17.9 Å². The van der Waals surface area contributed by atoms with E-state index in [9.17, 15) is 5.11 Å². The molecule has 0 amide bonds. The highest BCUT2D eigenvalue weighted by Gasteiger charge is 2.24. The lowest BCUT2D eigenvalue weighted by Gasteiger charge is -2.22. The summed E-state index contributed by atoms with van der Waals surface area (Å²) in [6.07, 6.45) is 3.50. The average molecular weight is 221 g/mol. The van der Waals surface area contributed by atoms with Crippen LogP contribution in [0.2, 0.25) is 0 Å². The minimum atomic E-state index is 0.312. The van der Waals surface area contributed by atoms with Gasteiger partial charge in [0.1, 0.15) is 5.75 Å². The van der Waals surface area contributed by atoms with Gasteiger partial charge >= 0.3 is 0 Å². The third-order valence-corrected chi connectivity index (χ3v) is 3.15. The predicted octanol–water partition coefficient (Wildman–Crippen LogP) is 1.70. The summed E-state index contributed by atoms with van der Waals surface area (Å²) >= 11 is 0. The Morgan fingerprint density at radius 2 is 2.44 bits per heavy atom. The van der Waals surface area contributed by atoms with Crippen LogP contribution in [0, 0.1) is 0 Å². The van der Waals surface area contributed by atoms with Crippen molar-refractivity contribution in [2.75, 3.05) is 13.7 Å². The zero-order valence-electron chi connectivity index (χ0n) is 9.65. The largest absolute Gasteiger partial charge is 0.508 e. The summed E-state index contributed by atoms with van der Waals surface area (Å²) in [5.41, 5.74) is 1.15. The van der Waals surface area contributed by atoms with Gasteiger partial charge in [0, 0.05) is 12.6 Å². The van der Waals surface area contributed by atoms with Crippen molar-refractivity contribution in [3.63, 3.8) is 0 Å². The second-order valence-corrected chi connectivity index (χ2v) is 4.32. The maximum absolute atomic E-state index is 9.41. The van der Waals surface area contributed by atoms with Crippen LogP contribution in [-0.2, 0) is 11.2 Å². The van der Waals surface area contributed by atoms with Crippen molar-refractivity contribution < 1.29 is 9.84 Å². The monoisotopic (exact) mass is 221 g/mol. The summed E-state index contributed by atoms with van der Waals surface area (Å²) in [4.78, 5) is 0. The highest BCUT2D eigenvalue weighted by molar-refractivity contribution is 5.27. The van der Waals surface area contributed by atoms with Crippen molar-refractivity contribution in [3.8, 4) is 5.75 Å². The second-order valence-electron chi connectivity index (χ2n) is 4.32. The van der Waals surface area contributed by atoms with E-state index in [-0.39, 0.29) is 0 Å². The number of phenolic OH excluding ortho intramolecular Hbond substituents is 1. The lowest BCUT2D eigenvalue weighted by Crippen LogP contribution is -2.39. The fourth-order valence-electron chi connectivity index (χ4n) is 2.28.